The van der Waals surface area contributed by atoms with E-state index in [-0.39, 0.29) is 34.0 Å². The molecule has 1 radical (unpaired) electrons. The minimum atomic E-state index is 0. The average Bonchev–Trinajstić information content (AvgIpc) is 1.86. The molecule has 0 aliphatic rings. The van der Waals surface area contributed by atoms with Crippen LogP contribution in [0.25, 0.3) is 0 Å². The Hall–Kier alpha value is -0.691. The first-order chi connectivity index (χ1) is 2.89. The number of hydrogen-bond donors (Lipinski definition) is 2. The molecular weight excluding hydrogens is 178 g/mol. The Morgan fingerprint density at radius 2 is 1.89 bits per heavy atom. The molecule has 1 aromatic heterocycles. The number of nitrogens with zero attached hydrogens (tertiary/aromatic N) is 3. The fourth-order valence-electron chi connectivity index (χ4n) is 0.170. The molecule has 9 heavy (non-hydrogen) atoms. The summed E-state index contributed by atoms with van der Waals surface area (Å²) in [5, 5.41) is 12.0. The molecule has 0 amide bonds. The minimum Gasteiger partial charge on any atom is -0.870 e. The molecule has 0 fully saturated rings. The summed E-state index contributed by atoms with van der Waals surface area (Å²) in [5.74, 6) is 0.176. The van der Waals surface area contributed by atoms with Crippen molar-refractivity contribution in [3.05, 3.63) is 0 Å². The van der Waals surface area contributed by atoms with E-state index >= 15 is 0 Å². The Balaban J connectivity index is -0.000000120. The van der Waals surface area contributed by atoms with Crippen molar-refractivity contribution >= 4 is 5.95 Å². The van der Waals surface area contributed by atoms with Gasteiger partial charge in [0.15, 0.2) is 0 Å². The van der Waals surface area contributed by atoms with E-state index in [1.807, 2.05) is 0 Å². The van der Waals surface area contributed by atoms with Gasteiger partial charge in [-0.3, -0.25) is 0 Å². The predicted molar refractivity (Wildman–Crippen MR) is 22.5 cm³/mol. The number of nitrogen functional groups attached to an aromatic ring is 1. The second-order valence-corrected chi connectivity index (χ2v) is 0.770. The fourth-order valence-corrected chi connectivity index (χ4v) is 0.170. The Morgan fingerprint density at radius 3 is 2.00 bits per heavy atom. The minimum absolute atomic E-state index is 0. The van der Waals surface area contributed by atoms with Crippen molar-refractivity contribution in [2.75, 3.05) is 5.73 Å². The zero-order chi connectivity index (χ0) is 4.41. The van der Waals surface area contributed by atoms with E-state index in [1.165, 1.54) is 0 Å². The maximum absolute atomic E-state index is 4.96. The van der Waals surface area contributed by atoms with Crippen LogP contribution in [0.1, 0.15) is 0 Å². The van der Waals surface area contributed by atoms with E-state index < -0.39 is 0 Å². The van der Waals surface area contributed by atoms with Gasteiger partial charge in [-0.15, -0.1) is 5.10 Å². The molecule has 0 atom stereocenters. The molecule has 0 aromatic carbocycles. The second-order valence-electron chi connectivity index (χ2n) is 0.770. The van der Waals surface area contributed by atoms with Crippen LogP contribution >= 0.6 is 0 Å². The van der Waals surface area contributed by atoms with Crippen LogP contribution < -0.4 is 5.73 Å². The zero-order valence-electron chi connectivity index (χ0n) is 4.11. The largest absolute Gasteiger partial charge is 2.00 e. The van der Waals surface area contributed by atoms with Gasteiger partial charge in [-0.05, 0) is 5.21 Å². The molecule has 0 unspecified atom stereocenters. The van der Waals surface area contributed by atoms with Crippen molar-refractivity contribution in [1.82, 2.24) is 20.6 Å². The van der Waals surface area contributed by atoms with Gasteiger partial charge in [0.2, 0.25) is 0 Å². The zero-order valence-corrected chi connectivity index (χ0v) is 5.06. The number of nitrogens with one attached hydrogen (secondary N) is 1. The van der Waals surface area contributed by atoms with Gasteiger partial charge in [0.25, 0.3) is 5.95 Å². The van der Waals surface area contributed by atoms with Crippen LogP contribution in [0, 0.1) is 0 Å². The van der Waals surface area contributed by atoms with E-state index in [1.54, 1.807) is 0 Å². The van der Waals surface area contributed by atoms with Crippen LogP contribution in [0.5, 0.6) is 0 Å². The van der Waals surface area contributed by atoms with Gasteiger partial charge in [0.1, 0.15) is 0 Å². The van der Waals surface area contributed by atoms with Gasteiger partial charge >= 0.3 is 17.1 Å². The molecule has 1 heterocycles. The van der Waals surface area contributed by atoms with Crippen molar-refractivity contribution in [2.45, 2.75) is 0 Å². The Bertz CT molecular complexity index is 119. The molecule has 1 aromatic rings. The van der Waals surface area contributed by atoms with Crippen molar-refractivity contribution < 1.29 is 28.0 Å². The summed E-state index contributed by atoms with van der Waals surface area (Å²) in [6.45, 7) is 0. The standard InChI is InChI=1S/CH3N5.Cu.2H2O/c2-1-3-5-6-4-1;;;/h(H3,2,3,4,5,6);;2*1H2/q;+2;;/p-2. The van der Waals surface area contributed by atoms with Crippen molar-refractivity contribution in [1.29, 1.82) is 0 Å². The average molecular weight is 183 g/mol. The van der Waals surface area contributed by atoms with Crippen LogP contribution in [-0.4, -0.2) is 31.6 Å². The Kier molecular flexibility index (Phi) is 12.8. The van der Waals surface area contributed by atoms with Crippen LogP contribution in [0.4, 0.5) is 5.95 Å². The van der Waals surface area contributed by atoms with E-state index in [0.29, 0.717) is 0 Å². The van der Waals surface area contributed by atoms with Crippen LogP contribution in [0.15, 0.2) is 0 Å². The van der Waals surface area contributed by atoms with Crippen LogP contribution in [-0.2, 0) is 17.1 Å². The quantitative estimate of drug-likeness (QED) is 0.464. The molecule has 0 bridgehead atoms. The molecule has 0 aliphatic heterocycles. The molecule has 0 saturated carbocycles. The van der Waals surface area contributed by atoms with Gasteiger partial charge in [0.05, 0.1) is 0 Å². The van der Waals surface area contributed by atoms with Crippen molar-refractivity contribution in [3.8, 4) is 0 Å². The summed E-state index contributed by atoms with van der Waals surface area (Å²) in [6, 6.07) is 0. The molecule has 0 aliphatic carbocycles. The maximum Gasteiger partial charge on any atom is 2.00 e. The van der Waals surface area contributed by atoms with Gasteiger partial charge in [-0.1, -0.05) is 5.10 Å². The molecule has 1 rings (SSSR count). The fraction of sp³-hybridized carbons (Fsp3) is 0. The number of anilines is 1. The third kappa shape index (κ3) is 5.18. The number of hydrogen-bond acceptors (Lipinski definition) is 6. The number of rotatable bonds is 0. The summed E-state index contributed by atoms with van der Waals surface area (Å²) in [7, 11) is 0. The number of tetrazole rings is 1. The molecule has 8 heteroatoms. The first-order valence-electron chi connectivity index (χ1n) is 1.38. The van der Waals surface area contributed by atoms with Gasteiger partial charge in [-0.25, -0.2) is 0 Å². The first kappa shape index (κ1) is 15.7. The third-order valence-corrected chi connectivity index (χ3v) is 0.362. The van der Waals surface area contributed by atoms with Crippen LogP contribution in [0.3, 0.4) is 0 Å². The summed E-state index contributed by atoms with van der Waals surface area (Å²) in [4.78, 5) is 0. The molecule has 0 saturated heterocycles. The van der Waals surface area contributed by atoms with Crippen molar-refractivity contribution in [3.63, 3.8) is 0 Å². The number of aromatic amines is 1. The number of nitrogens with two attached hydrogens (primary N) is 1. The maximum atomic E-state index is 4.96. The van der Waals surface area contributed by atoms with Crippen LogP contribution in [0.2, 0.25) is 0 Å². The topological polar surface area (TPSA) is 140 Å². The SMILES string of the molecule is Nc1nn[nH]n1.[Cu+2].[OH-].[OH-]. The summed E-state index contributed by atoms with van der Waals surface area (Å²) >= 11 is 0. The molecular formula is CH5CuN5O2. The number of H-pyrrole nitrogens is 1. The Morgan fingerprint density at radius 1 is 1.33 bits per heavy atom. The van der Waals surface area contributed by atoms with E-state index in [0.717, 1.165) is 0 Å². The summed E-state index contributed by atoms with van der Waals surface area (Å²) in [6.07, 6.45) is 0. The van der Waals surface area contributed by atoms with Gasteiger partial charge in [0, 0.05) is 0 Å². The third-order valence-electron chi connectivity index (χ3n) is 0.362. The van der Waals surface area contributed by atoms with E-state index in [2.05, 4.69) is 20.6 Å². The molecule has 57 valence electrons. The summed E-state index contributed by atoms with van der Waals surface area (Å²) < 4.78 is 0. The summed E-state index contributed by atoms with van der Waals surface area (Å²) in [5.41, 5.74) is 4.96. The molecule has 7 nitrogen and oxygen atoms in total. The second kappa shape index (κ2) is 7.31. The number of aromatic nitrogens is 4. The Labute approximate surface area is 61.1 Å². The smallest absolute Gasteiger partial charge is 0.870 e. The van der Waals surface area contributed by atoms with Crippen molar-refractivity contribution in [2.24, 2.45) is 0 Å². The van der Waals surface area contributed by atoms with E-state index in [4.69, 9.17) is 5.73 Å². The molecule has 5 N–H and O–H groups in total. The normalized spacial score (nSPS) is 5.78. The van der Waals surface area contributed by atoms with E-state index in [9.17, 15) is 0 Å². The van der Waals surface area contributed by atoms with Gasteiger partial charge < -0.3 is 16.7 Å². The molecule has 0 spiro atoms. The first-order valence-corrected chi connectivity index (χ1v) is 1.38. The van der Waals surface area contributed by atoms with Gasteiger partial charge in [-0.2, -0.15) is 5.21 Å². The predicted octanol–water partition coefficient (Wildman–Crippen LogP) is -1.57. The monoisotopic (exact) mass is 182 g/mol.